The lowest BCUT2D eigenvalue weighted by molar-refractivity contribution is -0.695. The van der Waals surface area contributed by atoms with Crippen LogP contribution in [0.15, 0.2) is 29.6 Å². The van der Waals surface area contributed by atoms with Crippen molar-refractivity contribution in [3.63, 3.8) is 0 Å². The third-order valence-electron chi connectivity index (χ3n) is 1.63. The van der Waals surface area contributed by atoms with E-state index in [0.717, 1.165) is 17.2 Å². The highest BCUT2D eigenvalue weighted by Crippen LogP contribution is 2.08. The van der Waals surface area contributed by atoms with Crippen LogP contribution in [-0.4, -0.2) is 4.49 Å². The van der Waals surface area contributed by atoms with Gasteiger partial charge in [0.25, 0.3) is 0 Å². The van der Waals surface area contributed by atoms with Crippen LogP contribution in [0.25, 0.3) is 5.69 Å². The van der Waals surface area contributed by atoms with Gasteiger partial charge in [-0.3, -0.25) is 0 Å². The van der Waals surface area contributed by atoms with Gasteiger partial charge in [0, 0.05) is 29.4 Å². The van der Waals surface area contributed by atoms with Gasteiger partial charge < -0.3 is 10.8 Å². The summed E-state index contributed by atoms with van der Waals surface area (Å²) in [5.41, 5.74) is 6.92. The molecule has 2 rings (SSSR count). The lowest BCUT2D eigenvalue weighted by atomic mass is 10.3. The van der Waals surface area contributed by atoms with Gasteiger partial charge >= 0.3 is 0 Å². The molecule has 66 valence electrons. The number of aromatic nitrogens is 2. The summed E-state index contributed by atoms with van der Waals surface area (Å²) in [6.45, 7) is 0. The highest BCUT2D eigenvalue weighted by Gasteiger charge is 2.09. The minimum absolute atomic E-state index is 0.116. The van der Waals surface area contributed by atoms with Crippen LogP contribution in [0.3, 0.4) is 0 Å². The molecule has 1 aromatic heterocycles. The van der Waals surface area contributed by atoms with E-state index in [1.54, 1.807) is 24.3 Å². The molecule has 2 N–H and O–H groups in total. The number of nitrogens with zero attached hydrogens (tertiary/aromatic N) is 2. The molecule has 0 fully saturated rings. The first kappa shape index (κ1) is 8.00. The Morgan fingerprint density at radius 3 is 2.54 bits per heavy atom. The molecule has 0 spiro atoms. The van der Waals surface area contributed by atoms with E-state index in [1.807, 2.05) is 0 Å². The summed E-state index contributed by atoms with van der Waals surface area (Å²) in [7, 11) is 0. The molecule has 1 heterocycles. The van der Waals surface area contributed by atoms with Crippen LogP contribution < -0.4 is 15.5 Å². The Bertz CT molecular complexity index is 410. The van der Waals surface area contributed by atoms with E-state index < -0.39 is 0 Å². The molecule has 0 aliphatic rings. The van der Waals surface area contributed by atoms with E-state index in [0.29, 0.717) is 5.69 Å². The van der Waals surface area contributed by atoms with Gasteiger partial charge in [-0.05, 0) is 16.8 Å². The van der Waals surface area contributed by atoms with Gasteiger partial charge in [-0.25, -0.2) is 0 Å². The topological polar surface area (TPSA) is 65.8 Å². The summed E-state index contributed by atoms with van der Waals surface area (Å²) in [4.78, 5) is 0. The van der Waals surface area contributed by atoms with E-state index in [9.17, 15) is 5.11 Å². The highest BCUT2D eigenvalue weighted by atomic mass is 32.1. The second kappa shape index (κ2) is 3.02. The van der Waals surface area contributed by atoms with Gasteiger partial charge in [-0.2, -0.15) is 0 Å². The average Bonchev–Trinajstić information content (AvgIpc) is 2.53. The Morgan fingerprint density at radius 1 is 1.31 bits per heavy atom. The summed E-state index contributed by atoms with van der Waals surface area (Å²) in [5, 5.41) is 12.6. The molecule has 4 nitrogen and oxygen atoms in total. The third kappa shape index (κ3) is 1.46. The van der Waals surface area contributed by atoms with E-state index in [1.165, 1.54) is 10.1 Å². The normalized spacial score (nSPS) is 10.2. The molecule has 0 amide bonds. The van der Waals surface area contributed by atoms with E-state index in [4.69, 9.17) is 5.73 Å². The van der Waals surface area contributed by atoms with Crippen molar-refractivity contribution >= 4 is 17.2 Å². The summed E-state index contributed by atoms with van der Waals surface area (Å²) in [5.74, 6) is -0.116. The Balaban J connectivity index is 2.47. The van der Waals surface area contributed by atoms with Crippen LogP contribution in [0.4, 0.5) is 5.69 Å². The molecule has 0 radical (unpaired) electrons. The zero-order valence-corrected chi connectivity index (χ0v) is 7.49. The van der Waals surface area contributed by atoms with Gasteiger partial charge in [0.2, 0.25) is 5.69 Å². The predicted octanol–water partition coefficient (Wildman–Crippen LogP) is 0.0756. The van der Waals surface area contributed by atoms with Gasteiger partial charge in [-0.1, -0.05) is 0 Å². The van der Waals surface area contributed by atoms with Crippen molar-refractivity contribution in [3.05, 3.63) is 29.6 Å². The fourth-order valence-electron chi connectivity index (χ4n) is 0.996. The van der Waals surface area contributed by atoms with Crippen molar-refractivity contribution in [3.8, 4) is 11.6 Å². The average molecular weight is 193 g/mol. The molecule has 0 saturated carbocycles. The van der Waals surface area contributed by atoms with Crippen molar-refractivity contribution in [1.82, 2.24) is 4.49 Å². The summed E-state index contributed by atoms with van der Waals surface area (Å²) in [6, 6.07) is 7.00. The third-order valence-corrected chi connectivity index (χ3v) is 2.19. The first-order valence-corrected chi connectivity index (χ1v) is 4.50. The standard InChI is InChI=1S/C8H7N3OS/c9-6-1-3-7(4-2-6)11-8(12)5-13-10-11/h1-5H,(H2-,9,10,12). The fourth-order valence-corrected chi connectivity index (χ4v) is 1.50. The maximum absolute atomic E-state index is 11.2. The van der Waals surface area contributed by atoms with E-state index in [-0.39, 0.29) is 5.88 Å². The summed E-state index contributed by atoms with van der Waals surface area (Å²) >= 11 is 1.13. The molecule has 0 bridgehead atoms. The monoisotopic (exact) mass is 193 g/mol. The van der Waals surface area contributed by atoms with Crippen molar-refractivity contribution in [2.24, 2.45) is 0 Å². The fraction of sp³-hybridized carbons (Fsp3) is 0. The molecule has 0 unspecified atom stereocenters. The quantitative estimate of drug-likeness (QED) is 0.515. The van der Waals surface area contributed by atoms with Crippen molar-refractivity contribution < 1.29 is 9.79 Å². The van der Waals surface area contributed by atoms with Crippen LogP contribution in [0.5, 0.6) is 5.88 Å². The molecule has 0 aliphatic heterocycles. The first-order chi connectivity index (χ1) is 6.27. The molecule has 5 heteroatoms. The smallest absolute Gasteiger partial charge is 0.238 e. The number of hydrogen-bond donors (Lipinski definition) is 1. The van der Waals surface area contributed by atoms with Crippen LogP contribution in [0, 0.1) is 0 Å². The van der Waals surface area contributed by atoms with Gasteiger partial charge in [-0.15, -0.1) is 0 Å². The van der Waals surface area contributed by atoms with Crippen molar-refractivity contribution in [1.29, 1.82) is 0 Å². The Kier molecular flexibility index (Phi) is 1.86. The minimum Gasteiger partial charge on any atom is -0.820 e. The lowest BCUT2D eigenvalue weighted by Gasteiger charge is -1.96. The maximum Gasteiger partial charge on any atom is 0.238 e. The predicted molar refractivity (Wildman–Crippen MR) is 47.5 cm³/mol. The molecule has 1 aromatic carbocycles. The lowest BCUT2D eigenvalue weighted by Crippen LogP contribution is -2.35. The molecular weight excluding hydrogens is 186 g/mol. The van der Waals surface area contributed by atoms with Crippen molar-refractivity contribution in [2.75, 3.05) is 5.73 Å². The molecule has 0 atom stereocenters. The number of nitrogen functional groups attached to an aromatic ring is 1. The number of anilines is 1. The number of hydrogen-bond acceptors (Lipinski definition) is 4. The van der Waals surface area contributed by atoms with Gasteiger partial charge in [0.05, 0.1) is 9.87 Å². The number of benzene rings is 1. The van der Waals surface area contributed by atoms with E-state index >= 15 is 0 Å². The largest absolute Gasteiger partial charge is 0.820 e. The van der Waals surface area contributed by atoms with Gasteiger partial charge in [0.15, 0.2) is 5.88 Å². The van der Waals surface area contributed by atoms with Crippen LogP contribution in [0.2, 0.25) is 0 Å². The van der Waals surface area contributed by atoms with Crippen LogP contribution in [0.1, 0.15) is 0 Å². The van der Waals surface area contributed by atoms with E-state index in [2.05, 4.69) is 4.49 Å². The molecule has 0 saturated heterocycles. The zero-order valence-electron chi connectivity index (χ0n) is 6.68. The SMILES string of the molecule is Nc1ccc(-[n+]2nscc2[O-])cc1. The molecule has 13 heavy (non-hydrogen) atoms. The number of rotatable bonds is 1. The highest BCUT2D eigenvalue weighted by molar-refractivity contribution is 7.03. The van der Waals surface area contributed by atoms with Crippen molar-refractivity contribution in [2.45, 2.75) is 0 Å². The summed E-state index contributed by atoms with van der Waals surface area (Å²) < 4.78 is 5.26. The Morgan fingerprint density at radius 2 is 2.00 bits per heavy atom. The first-order valence-electron chi connectivity index (χ1n) is 3.67. The van der Waals surface area contributed by atoms with Gasteiger partial charge in [0.1, 0.15) is 0 Å². The maximum atomic E-state index is 11.2. The second-order valence-corrected chi connectivity index (χ2v) is 3.16. The Hall–Kier alpha value is -1.62. The summed E-state index contributed by atoms with van der Waals surface area (Å²) in [6.07, 6.45) is 0. The Labute approximate surface area is 79.0 Å². The molecule has 0 aliphatic carbocycles. The molecular formula is C8H7N3OS. The second-order valence-electron chi connectivity index (χ2n) is 2.55. The minimum atomic E-state index is -0.116. The molecule has 2 aromatic rings. The van der Waals surface area contributed by atoms with Crippen LogP contribution in [-0.2, 0) is 0 Å². The van der Waals surface area contributed by atoms with Crippen LogP contribution >= 0.6 is 11.5 Å². The zero-order chi connectivity index (χ0) is 9.26. The number of nitrogens with two attached hydrogens (primary N) is 1.